The SMILES string of the molecule is CCOC(=O)C1=C(c2ccccc2)N=c2s/c(=C/c3cn(Cc4ccccc4Cl)c4ccccc34)c(=O)n2[C@@H]1c1ccc2c(c1)OCO2. The maximum Gasteiger partial charge on any atom is 0.338 e. The van der Waals surface area contributed by atoms with Crippen LogP contribution < -0.4 is 24.4 Å². The van der Waals surface area contributed by atoms with Crippen molar-refractivity contribution in [2.45, 2.75) is 19.5 Å². The van der Waals surface area contributed by atoms with Gasteiger partial charge in [-0.1, -0.05) is 95.7 Å². The number of halogens is 1. The summed E-state index contributed by atoms with van der Waals surface area (Å²) < 4.78 is 21.1. The van der Waals surface area contributed by atoms with Crippen molar-refractivity contribution in [1.82, 2.24) is 9.13 Å². The zero-order valence-electron chi connectivity index (χ0n) is 25.8. The first kappa shape index (κ1) is 30.0. The van der Waals surface area contributed by atoms with Gasteiger partial charge in [0.25, 0.3) is 5.56 Å². The van der Waals surface area contributed by atoms with E-state index in [9.17, 15) is 9.59 Å². The van der Waals surface area contributed by atoms with E-state index in [1.54, 1.807) is 17.6 Å². The molecule has 0 amide bonds. The minimum absolute atomic E-state index is 0.0987. The van der Waals surface area contributed by atoms with E-state index in [1.165, 1.54) is 11.3 Å². The monoisotopic (exact) mass is 673 g/mol. The van der Waals surface area contributed by atoms with E-state index in [0.29, 0.717) is 43.7 Å². The third-order valence-electron chi connectivity index (χ3n) is 8.49. The van der Waals surface area contributed by atoms with Crippen LogP contribution in [0.25, 0.3) is 22.7 Å². The van der Waals surface area contributed by atoms with Crippen LogP contribution in [0.5, 0.6) is 11.5 Å². The Bertz CT molecular complexity index is 2440. The van der Waals surface area contributed by atoms with Crippen LogP contribution in [-0.2, 0) is 16.1 Å². The number of hydrogen-bond acceptors (Lipinski definition) is 7. The minimum Gasteiger partial charge on any atom is -0.463 e. The second-order valence-corrected chi connectivity index (χ2v) is 12.8. The standard InChI is InChI=1S/C38H28ClN3O5S/c1-2-45-37(44)33-34(23-10-4-3-5-11-23)40-38-42(35(33)24-16-17-30-31(18-24)47-22-46-30)36(43)32(48-38)19-26-21-41(29-15-9-7-13-27(26)29)20-25-12-6-8-14-28(25)39/h3-19,21,35H,2,20,22H2,1H3/b32-19+/t35-/m1/s1. The molecule has 0 N–H and O–H groups in total. The molecule has 2 aliphatic heterocycles. The molecule has 0 unspecified atom stereocenters. The highest BCUT2D eigenvalue weighted by atomic mass is 35.5. The molecule has 8 rings (SSSR count). The Morgan fingerprint density at radius 1 is 1.00 bits per heavy atom. The Morgan fingerprint density at radius 3 is 2.60 bits per heavy atom. The molecular weight excluding hydrogens is 646 g/mol. The summed E-state index contributed by atoms with van der Waals surface area (Å²) in [7, 11) is 0. The fraction of sp³-hybridized carbons (Fsp3) is 0.132. The lowest BCUT2D eigenvalue weighted by atomic mass is 9.93. The molecule has 0 bridgehead atoms. The van der Waals surface area contributed by atoms with Gasteiger partial charge in [-0.3, -0.25) is 9.36 Å². The van der Waals surface area contributed by atoms with E-state index in [4.69, 9.17) is 30.8 Å². The van der Waals surface area contributed by atoms with Gasteiger partial charge in [0.15, 0.2) is 16.3 Å². The first-order valence-corrected chi connectivity index (χ1v) is 16.7. The van der Waals surface area contributed by atoms with Gasteiger partial charge in [-0.2, -0.15) is 0 Å². The summed E-state index contributed by atoms with van der Waals surface area (Å²) >= 11 is 7.81. The van der Waals surface area contributed by atoms with Gasteiger partial charge < -0.3 is 18.8 Å². The predicted molar refractivity (Wildman–Crippen MR) is 186 cm³/mol. The van der Waals surface area contributed by atoms with Gasteiger partial charge in [0.2, 0.25) is 6.79 Å². The molecule has 10 heteroatoms. The number of hydrogen-bond donors (Lipinski definition) is 0. The first-order chi connectivity index (χ1) is 23.5. The van der Waals surface area contributed by atoms with Crippen molar-refractivity contribution in [3.63, 3.8) is 0 Å². The summed E-state index contributed by atoms with van der Waals surface area (Å²) in [5.41, 5.74) is 4.79. The Morgan fingerprint density at radius 2 is 1.77 bits per heavy atom. The van der Waals surface area contributed by atoms with Gasteiger partial charge in [-0.25, -0.2) is 9.79 Å². The molecule has 0 aliphatic carbocycles. The molecule has 238 valence electrons. The van der Waals surface area contributed by atoms with Crippen LogP contribution in [-0.4, -0.2) is 28.5 Å². The Hall–Kier alpha value is -5.38. The van der Waals surface area contributed by atoms with Crippen LogP contribution in [0.2, 0.25) is 5.02 Å². The van der Waals surface area contributed by atoms with Crippen LogP contribution >= 0.6 is 22.9 Å². The van der Waals surface area contributed by atoms with E-state index in [0.717, 1.165) is 27.6 Å². The van der Waals surface area contributed by atoms with Crippen molar-refractivity contribution in [2.24, 2.45) is 4.99 Å². The molecule has 4 aromatic carbocycles. The Labute approximate surface area is 284 Å². The van der Waals surface area contributed by atoms with E-state index in [1.807, 2.05) is 97.2 Å². The first-order valence-electron chi connectivity index (χ1n) is 15.5. The molecule has 2 aromatic heterocycles. The third kappa shape index (κ3) is 5.21. The number of para-hydroxylation sites is 1. The number of carbonyl (C=O) groups is 1. The fourth-order valence-corrected chi connectivity index (χ4v) is 7.50. The molecule has 2 aliphatic rings. The summed E-state index contributed by atoms with van der Waals surface area (Å²) in [5, 5.41) is 1.69. The van der Waals surface area contributed by atoms with Crippen LogP contribution in [0.3, 0.4) is 0 Å². The Kier molecular flexibility index (Phi) is 7.70. The molecule has 6 aromatic rings. The van der Waals surface area contributed by atoms with Crippen molar-refractivity contribution in [1.29, 1.82) is 0 Å². The maximum absolute atomic E-state index is 14.5. The molecule has 0 fully saturated rings. The zero-order valence-corrected chi connectivity index (χ0v) is 27.3. The van der Waals surface area contributed by atoms with Crippen LogP contribution in [0.1, 0.15) is 35.2 Å². The molecule has 0 radical (unpaired) electrons. The molecular formula is C38H28ClN3O5S. The van der Waals surface area contributed by atoms with E-state index in [-0.39, 0.29) is 24.5 Å². The quantitative estimate of drug-likeness (QED) is 0.185. The summed E-state index contributed by atoms with van der Waals surface area (Å²) in [6.07, 6.45) is 3.95. The third-order valence-corrected chi connectivity index (χ3v) is 9.84. The topological polar surface area (TPSA) is 84.1 Å². The normalized spacial score (nSPS) is 15.5. The van der Waals surface area contributed by atoms with Crippen LogP contribution in [0, 0.1) is 0 Å². The average Bonchev–Trinajstić information content (AvgIpc) is 3.81. The lowest BCUT2D eigenvalue weighted by Crippen LogP contribution is -2.40. The zero-order chi connectivity index (χ0) is 32.8. The van der Waals surface area contributed by atoms with E-state index < -0.39 is 12.0 Å². The largest absolute Gasteiger partial charge is 0.463 e. The number of aromatic nitrogens is 2. The van der Waals surface area contributed by atoms with Gasteiger partial charge in [0.1, 0.15) is 0 Å². The van der Waals surface area contributed by atoms with E-state index >= 15 is 0 Å². The van der Waals surface area contributed by atoms with Gasteiger partial charge >= 0.3 is 5.97 Å². The summed E-state index contributed by atoms with van der Waals surface area (Å²) in [4.78, 5) is 33.8. The number of rotatable bonds is 7. The van der Waals surface area contributed by atoms with Crippen molar-refractivity contribution in [2.75, 3.05) is 13.4 Å². The van der Waals surface area contributed by atoms with Gasteiger partial charge in [-0.15, -0.1) is 0 Å². The second-order valence-electron chi connectivity index (χ2n) is 11.4. The smallest absolute Gasteiger partial charge is 0.338 e. The minimum atomic E-state index is -0.825. The number of ether oxygens (including phenoxy) is 3. The molecule has 1 atom stereocenters. The number of benzene rings is 4. The van der Waals surface area contributed by atoms with E-state index in [2.05, 4.69) is 10.6 Å². The van der Waals surface area contributed by atoms with Crippen molar-refractivity contribution >= 4 is 51.6 Å². The molecule has 4 heterocycles. The van der Waals surface area contributed by atoms with Crippen molar-refractivity contribution < 1.29 is 19.0 Å². The van der Waals surface area contributed by atoms with Gasteiger partial charge in [0.05, 0.1) is 28.5 Å². The maximum atomic E-state index is 14.5. The van der Waals surface area contributed by atoms with Gasteiger partial charge in [0, 0.05) is 39.8 Å². The number of fused-ring (bicyclic) bond motifs is 3. The summed E-state index contributed by atoms with van der Waals surface area (Å²) in [6.45, 7) is 2.60. The van der Waals surface area contributed by atoms with Crippen molar-refractivity contribution in [3.8, 4) is 11.5 Å². The second kappa shape index (κ2) is 12.3. The molecule has 0 saturated heterocycles. The number of esters is 1. The number of thiazole rings is 1. The molecule has 48 heavy (non-hydrogen) atoms. The average molecular weight is 674 g/mol. The van der Waals surface area contributed by atoms with Crippen LogP contribution in [0.15, 0.2) is 119 Å². The highest BCUT2D eigenvalue weighted by Gasteiger charge is 2.36. The molecule has 8 nitrogen and oxygen atoms in total. The number of carbonyl (C=O) groups excluding carboxylic acids is 1. The van der Waals surface area contributed by atoms with Crippen LogP contribution in [0.4, 0.5) is 0 Å². The highest BCUT2D eigenvalue weighted by Crippen LogP contribution is 2.40. The predicted octanol–water partition coefficient (Wildman–Crippen LogP) is 6.32. The Balaban J connectivity index is 1.35. The number of nitrogens with zero attached hydrogens (tertiary/aromatic N) is 3. The van der Waals surface area contributed by atoms with Gasteiger partial charge in [-0.05, 0) is 48.4 Å². The summed E-state index contributed by atoms with van der Waals surface area (Å²) in [6, 6.07) is 30.0. The summed E-state index contributed by atoms with van der Waals surface area (Å²) in [5.74, 6) is 0.603. The highest BCUT2D eigenvalue weighted by molar-refractivity contribution is 7.07. The lowest BCUT2D eigenvalue weighted by Gasteiger charge is -2.26. The lowest BCUT2D eigenvalue weighted by molar-refractivity contribution is -0.138. The fourth-order valence-electron chi connectivity index (χ4n) is 6.31. The molecule has 0 spiro atoms. The molecule has 0 saturated carbocycles. The van der Waals surface area contributed by atoms with Crippen molar-refractivity contribution in [3.05, 3.63) is 156 Å².